The van der Waals surface area contributed by atoms with E-state index in [1.165, 1.54) is 16.4 Å². The number of sulfonamides is 1. The first-order chi connectivity index (χ1) is 14.9. The Hall–Kier alpha value is -3.02. The van der Waals surface area contributed by atoms with Crippen molar-refractivity contribution in [3.05, 3.63) is 54.4 Å². The Labute approximate surface area is 181 Å². The molecule has 1 aliphatic heterocycles. The highest BCUT2D eigenvalue weighted by Gasteiger charge is 2.28. The lowest BCUT2D eigenvalue weighted by atomic mass is 10.3. The van der Waals surface area contributed by atoms with E-state index in [4.69, 9.17) is 0 Å². The van der Waals surface area contributed by atoms with E-state index >= 15 is 0 Å². The van der Waals surface area contributed by atoms with Crippen molar-refractivity contribution in [2.45, 2.75) is 11.4 Å². The van der Waals surface area contributed by atoms with Gasteiger partial charge >= 0.3 is 6.03 Å². The summed E-state index contributed by atoms with van der Waals surface area (Å²) in [6.45, 7) is 2.20. The number of rotatable bonds is 7. The fourth-order valence-electron chi connectivity index (χ4n) is 3.13. The molecule has 0 aliphatic carbocycles. The molecule has 0 bridgehead atoms. The van der Waals surface area contributed by atoms with Crippen molar-refractivity contribution in [3.8, 4) is 0 Å². The van der Waals surface area contributed by atoms with Gasteiger partial charge in [0.25, 0.3) is 0 Å². The van der Waals surface area contributed by atoms with Crippen molar-refractivity contribution in [1.29, 1.82) is 0 Å². The van der Waals surface area contributed by atoms with Gasteiger partial charge in [0.05, 0.1) is 11.4 Å². The molecule has 2 heterocycles. The first-order valence-electron chi connectivity index (χ1n) is 9.85. The highest BCUT2D eigenvalue weighted by atomic mass is 32.2. The van der Waals surface area contributed by atoms with Crippen LogP contribution in [0.25, 0.3) is 0 Å². The summed E-state index contributed by atoms with van der Waals surface area (Å²) in [7, 11) is -2.06. The number of likely N-dealkylation sites (N-methyl/N-ethyl adjacent to an activating group) is 1. The van der Waals surface area contributed by atoms with Crippen molar-refractivity contribution in [1.82, 2.24) is 24.8 Å². The van der Waals surface area contributed by atoms with Crippen LogP contribution in [0.2, 0.25) is 0 Å². The number of urea groups is 1. The molecule has 3 N–H and O–H groups in total. The standard InChI is InChI=1S/C20H26N6O4S/c1-21-19(27)15-25-9-11-26(12-10-25)31(29,30)18-6-4-17(5-7-18)24-20(28)23-14-16-3-2-8-22-13-16/h2-8,13H,9-12,14-15H2,1H3,(H,21,27)(H2,23,24,28). The zero-order valence-electron chi connectivity index (χ0n) is 17.2. The number of anilines is 1. The van der Waals surface area contributed by atoms with Crippen LogP contribution < -0.4 is 16.0 Å². The zero-order valence-corrected chi connectivity index (χ0v) is 18.1. The second kappa shape index (κ2) is 10.3. The van der Waals surface area contributed by atoms with Gasteiger partial charge in [-0.05, 0) is 35.9 Å². The lowest BCUT2D eigenvalue weighted by Crippen LogP contribution is -2.50. The molecular formula is C20H26N6O4S. The Bertz CT molecular complexity index is 990. The van der Waals surface area contributed by atoms with Crippen LogP contribution >= 0.6 is 0 Å². The number of nitrogens with one attached hydrogen (secondary N) is 3. The highest BCUT2D eigenvalue weighted by molar-refractivity contribution is 7.89. The Balaban J connectivity index is 1.53. The lowest BCUT2D eigenvalue weighted by Gasteiger charge is -2.33. The molecule has 0 unspecified atom stereocenters. The number of amides is 3. The SMILES string of the molecule is CNC(=O)CN1CCN(S(=O)(=O)c2ccc(NC(=O)NCc3cccnc3)cc2)CC1. The Morgan fingerprint density at radius 3 is 2.39 bits per heavy atom. The number of benzene rings is 1. The molecule has 3 amide bonds. The predicted molar refractivity (Wildman–Crippen MR) is 116 cm³/mol. The van der Waals surface area contributed by atoms with Crippen molar-refractivity contribution < 1.29 is 18.0 Å². The summed E-state index contributed by atoms with van der Waals surface area (Å²) in [6, 6.07) is 9.30. The molecule has 166 valence electrons. The number of carbonyl (C=O) groups is 2. The molecule has 1 aromatic carbocycles. The van der Waals surface area contributed by atoms with Gasteiger partial charge in [0.15, 0.2) is 0 Å². The van der Waals surface area contributed by atoms with E-state index in [9.17, 15) is 18.0 Å². The van der Waals surface area contributed by atoms with Crippen molar-refractivity contribution in [2.24, 2.45) is 0 Å². The third kappa shape index (κ3) is 6.23. The maximum absolute atomic E-state index is 12.9. The van der Waals surface area contributed by atoms with Gasteiger partial charge < -0.3 is 16.0 Å². The molecule has 1 fully saturated rings. The number of hydrogen-bond donors (Lipinski definition) is 3. The van der Waals surface area contributed by atoms with Crippen LogP contribution in [-0.2, 0) is 21.4 Å². The fourth-order valence-corrected chi connectivity index (χ4v) is 4.55. The monoisotopic (exact) mass is 446 g/mol. The molecule has 0 atom stereocenters. The molecule has 3 rings (SSSR count). The molecule has 1 saturated heterocycles. The number of aromatic nitrogens is 1. The second-order valence-electron chi connectivity index (χ2n) is 7.05. The van der Waals surface area contributed by atoms with Crippen LogP contribution in [0, 0.1) is 0 Å². The minimum Gasteiger partial charge on any atom is -0.358 e. The smallest absolute Gasteiger partial charge is 0.319 e. The number of carbonyl (C=O) groups excluding carboxylic acids is 2. The molecule has 0 spiro atoms. The summed E-state index contributed by atoms with van der Waals surface area (Å²) in [5.41, 5.74) is 1.35. The molecule has 10 nitrogen and oxygen atoms in total. The van der Waals surface area contributed by atoms with Crippen LogP contribution in [-0.4, -0.2) is 74.3 Å². The molecule has 2 aromatic rings. The van der Waals surface area contributed by atoms with Gasteiger partial charge in [-0.15, -0.1) is 0 Å². The summed E-state index contributed by atoms with van der Waals surface area (Å²) < 4.78 is 27.2. The third-order valence-corrected chi connectivity index (χ3v) is 6.82. The van der Waals surface area contributed by atoms with Gasteiger partial charge in [-0.25, -0.2) is 13.2 Å². The molecule has 31 heavy (non-hydrogen) atoms. The molecular weight excluding hydrogens is 420 g/mol. The number of hydrogen-bond acceptors (Lipinski definition) is 6. The summed E-state index contributed by atoms with van der Waals surface area (Å²) in [5.74, 6) is -0.0936. The number of piperazine rings is 1. The predicted octanol–water partition coefficient (Wildman–Crippen LogP) is 0.456. The topological polar surface area (TPSA) is 124 Å². The van der Waals surface area contributed by atoms with E-state index in [1.54, 1.807) is 37.6 Å². The summed E-state index contributed by atoms with van der Waals surface area (Å²) in [5, 5.41) is 7.96. The molecule has 0 saturated carbocycles. The summed E-state index contributed by atoms with van der Waals surface area (Å²) in [6.07, 6.45) is 3.32. The Morgan fingerprint density at radius 1 is 1.06 bits per heavy atom. The van der Waals surface area contributed by atoms with Crippen LogP contribution in [0.1, 0.15) is 5.56 Å². The Kier molecular flexibility index (Phi) is 7.55. The number of pyridine rings is 1. The highest BCUT2D eigenvalue weighted by Crippen LogP contribution is 2.20. The van der Waals surface area contributed by atoms with E-state index in [0.29, 0.717) is 38.4 Å². The molecule has 1 aliphatic rings. The van der Waals surface area contributed by atoms with Gasteiger partial charge in [-0.2, -0.15) is 4.31 Å². The van der Waals surface area contributed by atoms with Gasteiger partial charge in [-0.3, -0.25) is 14.7 Å². The quantitative estimate of drug-likeness (QED) is 0.568. The summed E-state index contributed by atoms with van der Waals surface area (Å²) in [4.78, 5) is 29.6. The van der Waals surface area contributed by atoms with E-state index in [1.807, 2.05) is 11.0 Å². The van der Waals surface area contributed by atoms with Gasteiger partial charge in [0.1, 0.15) is 0 Å². The average Bonchev–Trinajstić information content (AvgIpc) is 2.79. The molecule has 11 heteroatoms. The third-order valence-electron chi connectivity index (χ3n) is 4.90. The van der Waals surface area contributed by atoms with Crippen molar-refractivity contribution in [2.75, 3.05) is 45.1 Å². The first kappa shape index (κ1) is 22.7. The van der Waals surface area contributed by atoms with E-state index < -0.39 is 16.1 Å². The minimum atomic E-state index is -3.64. The van der Waals surface area contributed by atoms with Gasteiger partial charge in [-0.1, -0.05) is 6.07 Å². The Morgan fingerprint density at radius 2 is 1.77 bits per heavy atom. The van der Waals surface area contributed by atoms with Crippen molar-refractivity contribution >= 4 is 27.6 Å². The van der Waals surface area contributed by atoms with E-state index in [0.717, 1.165) is 5.56 Å². The normalized spacial score (nSPS) is 15.3. The molecule has 0 radical (unpaired) electrons. The van der Waals surface area contributed by atoms with Crippen LogP contribution in [0.15, 0.2) is 53.7 Å². The largest absolute Gasteiger partial charge is 0.358 e. The van der Waals surface area contributed by atoms with Crippen LogP contribution in [0.4, 0.5) is 10.5 Å². The second-order valence-corrected chi connectivity index (χ2v) is 8.98. The first-order valence-corrected chi connectivity index (χ1v) is 11.3. The van der Waals surface area contributed by atoms with Gasteiger partial charge in [0.2, 0.25) is 15.9 Å². The zero-order chi connectivity index (χ0) is 22.3. The van der Waals surface area contributed by atoms with E-state index in [-0.39, 0.29) is 17.3 Å². The van der Waals surface area contributed by atoms with Gasteiger partial charge in [0, 0.05) is 57.9 Å². The average molecular weight is 447 g/mol. The van der Waals surface area contributed by atoms with Crippen LogP contribution in [0.3, 0.4) is 0 Å². The van der Waals surface area contributed by atoms with E-state index in [2.05, 4.69) is 20.9 Å². The summed E-state index contributed by atoms with van der Waals surface area (Å²) >= 11 is 0. The minimum absolute atomic E-state index is 0.0936. The fraction of sp³-hybridized carbons (Fsp3) is 0.350. The maximum Gasteiger partial charge on any atom is 0.319 e. The maximum atomic E-state index is 12.9. The van der Waals surface area contributed by atoms with Crippen LogP contribution in [0.5, 0.6) is 0 Å². The number of nitrogens with zero attached hydrogens (tertiary/aromatic N) is 3. The molecule has 1 aromatic heterocycles. The van der Waals surface area contributed by atoms with Crippen molar-refractivity contribution in [3.63, 3.8) is 0 Å². The lowest BCUT2D eigenvalue weighted by molar-refractivity contribution is -0.122.